The molecular formula is C32H50BN3O6. The number of hydrogen-bond donors (Lipinski definition) is 2. The second-order valence-electron chi connectivity index (χ2n) is 14.6. The van der Waals surface area contributed by atoms with E-state index in [0.29, 0.717) is 44.4 Å². The van der Waals surface area contributed by atoms with Gasteiger partial charge >= 0.3 is 13.2 Å². The third-order valence-corrected chi connectivity index (χ3v) is 10.1. The maximum atomic E-state index is 13.3. The Balaban J connectivity index is 1.14. The number of nitrogens with zero attached hydrogens (tertiary/aromatic N) is 1. The van der Waals surface area contributed by atoms with Crippen LogP contribution in [-0.2, 0) is 30.0 Å². The summed E-state index contributed by atoms with van der Waals surface area (Å²) in [7, 11) is -0.538. The van der Waals surface area contributed by atoms with Gasteiger partial charge in [0.05, 0.1) is 36.3 Å². The minimum absolute atomic E-state index is 0.0299. The van der Waals surface area contributed by atoms with E-state index < -0.39 is 18.8 Å². The number of carbonyl (C=O) groups excluding carboxylic acids is 2. The van der Waals surface area contributed by atoms with Crippen molar-refractivity contribution in [3.63, 3.8) is 0 Å². The van der Waals surface area contributed by atoms with Crippen molar-refractivity contribution in [3.8, 4) is 0 Å². The lowest BCUT2D eigenvalue weighted by molar-refractivity contribution is -0.199. The molecule has 10 heteroatoms. The van der Waals surface area contributed by atoms with E-state index in [2.05, 4.69) is 38.2 Å². The molecule has 2 aliphatic heterocycles. The normalized spacial score (nSPS) is 31.2. The highest BCUT2D eigenvalue weighted by Crippen LogP contribution is 2.65. The number of likely N-dealkylation sites (tertiary alicyclic amines) is 1. The first-order chi connectivity index (χ1) is 19.8. The minimum Gasteiger partial charge on any atom is -0.444 e. The second kappa shape index (κ2) is 12.1. The Morgan fingerprint density at radius 3 is 2.62 bits per heavy atom. The molecule has 42 heavy (non-hydrogen) atoms. The standard InChI is InChI=1S/C32H50BN3O6/c1-30(2,3)40-29(38)36-15-10-13-23(36)20-39-16-14-24(34)28(37)35-27(17-21-11-8-7-9-12-21)33-41-26-19-22-18-25(31(22,4)5)32(26,6)42-33/h7-9,11-12,22-27H,10,13-20,34H2,1-6H3,(H,35,37)/t22-,23-,24+,25+,26-,27+,32+/m1/s1. The zero-order valence-corrected chi connectivity index (χ0v) is 26.3. The maximum absolute atomic E-state index is 13.3. The van der Waals surface area contributed by atoms with Gasteiger partial charge in [-0.15, -0.1) is 0 Å². The van der Waals surface area contributed by atoms with Crippen LogP contribution in [0.5, 0.6) is 0 Å². The highest BCUT2D eigenvalue weighted by atomic mass is 16.7. The van der Waals surface area contributed by atoms with Gasteiger partial charge in [-0.1, -0.05) is 44.2 Å². The molecule has 0 aromatic heterocycles. The molecule has 6 rings (SSSR count). The molecule has 2 heterocycles. The molecule has 3 N–H and O–H groups in total. The number of rotatable bonds is 10. The molecule has 0 radical (unpaired) electrons. The molecule has 0 unspecified atom stereocenters. The summed E-state index contributed by atoms with van der Waals surface area (Å²) < 4.78 is 24.7. The van der Waals surface area contributed by atoms with Crippen LogP contribution >= 0.6 is 0 Å². The molecule has 0 spiro atoms. The Labute approximate surface area is 251 Å². The van der Waals surface area contributed by atoms with E-state index in [1.165, 1.54) is 6.42 Å². The summed E-state index contributed by atoms with van der Waals surface area (Å²) in [6, 6.07) is 9.33. The van der Waals surface area contributed by atoms with Crippen molar-refractivity contribution in [1.82, 2.24) is 10.2 Å². The third-order valence-electron chi connectivity index (χ3n) is 10.1. The molecule has 1 aromatic carbocycles. The van der Waals surface area contributed by atoms with Crippen LogP contribution in [0.15, 0.2) is 30.3 Å². The van der Waals surface area contributed by atoms with E-state index >= 15 is 0 Å². The molecule has 3 aliphatic carbocycles. The number of nitrogens with two attached hydrogens (primary N) is 1. The average molecular weight is 584 g/mol. The van der Waals surface area contributed by atoms with Gasteiger partial charge in [-0.25, -0.2) is 4.79 Å². The fourth-order valence-corrected chi connectivity index (χ4v) is 7.57. The van der Waals surface area contributed by atoms with Crippen molar-refractivity contribution < 1.29 is 28.4 Å². The van der Waals surface area contributed by atoms with Gasteiger partial charge in [-0.3, -0.25) is 4.79 Å². The molecule has 9 nitrogen and oxygen atoms in total. The smallest absolute Gasteiger partial charge is 0.444 e. The number of nitrogens with one attached hydrogen (secondary N) is 1. The lowest BCUT2D eigenvalue weighted by Gasteiger charge is -2.64. The predicted molar refractivity (Wildman–Crippen MR) is 162 cm³/mol. The predicted octanol–water partition coefficient (Wildman–Crippen LogP) is 4.11. The van der Waals surface area contributed by atoms with Gasteiger partial charge in [0.15, 0.2) is 0 Å². The number of amides is 2. The van der Waals surface area contributed by atoms with Crippen LogP contribution in [0.4, 0.5) is 4.79 Å². The highest BCUT2D eigenvalue weighted by Gasteiger charge is 2.68. The Morgan fingerprint density at radius 2 is 1.93 bits per heavy atom. The van der Waals surface area contributed by atoms with Crippen LogP contribution in [0.2, 0.25) is 0 Å². The van der Waals surface area contributed by atoms with Gasteiger partial charge in [-0.2, -0.15) is 0 Å². The zero-order valence-electron chi connectivity index (χ0n) is 26.3. The molecule has 2 saturated heterocycles. The van der Waals surface area contributed by atoms with Gasteiger partial charge in [0, 0.05) is 13.2 Å². The lowest BCUT2D eigenvalue weighted by Crippen LogP contribution is -2.65. The Bertz CT molecular complexity index is 1110. The van der Waals surface area contributed by atoms with Crippen molar-refractivity contribution in [2.45, 2.75) is 115 Å². The zero-order chi connectivity index (χ0) is 30.3. The number of carbonyl (C=O) groups is 2. The summed E-state index contributed by atoms with van der Waals surface area (Å²) in [5, 5.41) is 3.17. The van der Waals surface area contributed by atoms with Crippen molar-refractivity contribution in [2.24, 2.45) is 23.0 Å². The van der Waals surface area contributed by atoms with E-state index in [1.54, 1.807) is 4.90 Å². The number of ether oxygens (including phenoxy) is 2. The summed E-state index contributed by atoms with van der Waals surface area (Å²) in [6.45, 7) is 13.9. The van der Waals surface area contributed by atoms with Crippen LogP contribution < -0.4 is 11.1 Å². The van der Waals surface area contributed by atoms with E-state index in [9.17, 15) is 9.59 Å². The van der Waals surface area contributed by atoms with Gasteiger partial charge in [0.2, 0.25) is 5.91 Å². The SMILES string of the molecule is CC(C)(C)OC(=O)N1CCC[C@@H]1COCC[C@H](N)C(=O)N[C@@H](Cc1ccccc1)B1O[C@@H]2C[C@H]3C[C@@H](C3(C)C)[C@]2(C)O1. The lowest BCUT2D eigenvalue weighted by atomic mass is 9.43. The van der Waals surface area contributed by atoms with Crippen molar-refractivity contribution >= 4 is 19.1 Å². The largest absolute Gasteiger partial charge is 0.482 e. The monoisotopic (exact) mass is 583 g/mol. The fraction of sp³-hybridized carbons (Fsp3) is 0.750. The summed E-state index contributed by atoms with van der Waals surface area (Å²) in [5.74, 6) is 0.486. The van der Waals surface area contributed by atoms with E-state index in [4.69, 9.17) is 24.5 Å². The van der Waals surface area contributed by atoms with Crippen LogP contribution in [0, 0.1) is 17.3 Å². The molecule has 5 fully saturated rings. The molecule has 1 aromatic rings. The highest BCUT2D eigenvalue weighted by molar-refractivity contribution is 6.48. The summed E-state index contributed by atoms with van der Waals surface area (Å²) in [6.07, 6.45) is 4.64. The molecular weight excluding hydrogens is 533 g/mol. The van der Waals surface area contributed by atoms with Crippen molar-refractivity contribution in [2.75, 3.05) is 19.8 Å². The first-order valence-corrected chi connectivity index (χ1v) is 15.8. The topological polar surface area (TPSA) is 112 Å². The Kier molecular flexibility index (Phi) is 9.01. The van der Waals surface area contributed by atoms with Crippen LogP contribution in [-0.4, -0.2) is 79.1 Å². The molecule has 5 aliphatic rings. The van der Waals surface area contributed by atoms with Crippen molar-refractivity contribution in [3.05, 3.63) is 35.9 Å². The minimum atomic E-state index is -0.736. The summed E-state index contributed by atoms with van der Waals surface area (Å²) >= 11 is 0. The third kappa shape index (κ3) is 6.52. The Hall–Kier alpha value is -2.14. The first kappa shape index (κ1) is 31.3. The molecule has 232 valence electrons. The van der Waals surface area contributed by atoms with Crippen molar-refractivity contribution in [1.29, 1.82) is 0 Å². The van der Waals surface area contributed by atoms with Gasteiger partial charge < -0.3 is 34.7 Å². The maximum Gasteiger partial charge on any atom is 0.482 e. The molecule has 2 amide bonds. The second-order valence-corrected chi connectivity index (χ2v) is 14.6. The summed E-state index contributed by atoms with van der Waals surface area (Å²) in [4.78, 5) is 27.6. The van der Waals surface area contributed by atoms with Crippen LogP contribution in [0.25, 0.3) is 0 Å². The molecule has 3 saturated carbocycles. The first-order valence-electron chi connectivity index (χ1n) is 15.8. The van der Waals surface area contributed by atoms with E-state index in [-0.39, 0.29) is 41.1 Å². The quantitative estimate of drug-likeness (QED) is 0.315. The van der Waals surface area contributed by atoms with Gasteiger partial charge in [0.1, 0.15) is 5.60 Å². The van der Waals surface area contributed by atoms with E-state index in [0.717, 1.165) is 24.8 Å². The number of benzene rings is 1. The van der Waals surface area contributed by atoms with Gasteiger partial charge in [-0.05, 0) is 89.0 Å². The van der Waals surface area contributed by atoms with Crippen LogP contribution in [0.3, 0.4) is 0 Å². The summed E-state index contributed by atoms with van der Waals surface area (Å²) in [5.41, 5.74) is 6.80. The molecule has 7 atom stereocenters. The van der Waals surface area contributed by atoms with E-state index in [1.807, 2.05) is 39.0 Å². The van der Waals surface area contributed by atoms with Crippen LogP contribution in [0.1, 0.15) is 79.2 Å². The Morgan fingerprint density at radius 1 is 1.19 bits per heavy atom. The van der Waals surface area contributed by atoms with Gasteiger partial charge in [0.25, 0.3) is 0 Å². The average Bonchev–Trinajstić information content (AvgIpc) is 3.54. The molecule has 2 bridgehead atoms. The number of hydrogen-bond acceptors (Lipinski definition) is 7. The fourth-order valence-electron chi connectivity index (χ4n) is 7.57.